The van der Waals surface area contributed by atoms with Gasteiger partial charge in [0.2, 0.25) is 0 Å². The summed E-state index contributed by atoms with van der Waals surface area (Å²) in [6.07, 6.45) is 4.25. The van der Waals surface area contributed by atoms with Gasteiger partial charge >= 0.3 is 11.9 Å². The Morgan fingerprint density at radius 1 is 1.00 bits per heavy atom. The summed E-state index contributed by atoms with van der Waals surface area (Å²) in [5, 5.41) is 4.97. The molecule has 11 heteroatoms. The summed E-state index contributed by atoms with van der Waals surface area (Å²) in [4.78, 5) is 45.3. The maximum Gasteiger partial charge on any atom is 0.338 e. The van der Waals surface area contributed by atoms with E-state index in [-0.39, 0.29) is 17.2 Å². The number of carbonyl (C=O) groups excluding carboxylic acids is 2. The number of esters is 2. The second kappa shape index (κ2) is 14.5. The van der Waals surface area contributed by atoms with Crippen molar-refractivity contribution in [2.75, 3.05) is 13.7 Å². The summed E-state index contributed by atoms with van der Waals surface area (Å²) < 4.78 is 20.2. The molecule has 2 aromatic heterocycles. The van der Waals surface area contributed by atoms with Gasteiger partial charge in [-0.2, -0.15) is 5.10 Å². The molecule has 10 nitrogen and oxygen atoms in total. The van der Waals surface area contributed by atoms with Crippen molar-refractivity contribution in [1.82, 2.24) is 14.3 Å². The van der Waals surface area contributed by atoms with E-state index in [1.54, 1.807) is 49.7 Å². The summed E-state index contributed by atoms with van der Waals surface area (Å²) in [5.74, 6) is -0.239. The highest BCUT2D eigenvalue weighted by atomic mass is 32.1. The van der Waals surface area contributed by atoms with Crippen molar-refractivity contribution >= 4 is 29.4 Å². The van der Waals surface area contributed by atoms with Gasteiger partial charge < -0.3 is 14.2 Å². The minimum atomic E-state index is -0.837. The average Bonchev–Trinajstić information content (AvgIpc) is 3.67. The molecule has 0 spiro atoms. The summed E-state index contributed by atoms with van der Waals surface area (Å²) >= 11 is 1.23. The number of carbonyl (C=O) groups is 2. The molecular formula is C39H38N4O6S. The van der Waals surface area contributed by atoms with E-state index in [1.807, 2.05) is 67.7 Å². The van der Waals surface area contributed by atoms with E-state index in [1.165, 1.54) is 23.0 Å². The topological polar surface area (TPSA) is 114 Å². The van der Waals surface area contributed by atoms with Gasteiger partial charge in [0.05, 0.1) is 52.9 Å². The molecule has 0 radical (unpaired) electrons. The zero-order chi connectivity index (χ0) is 35.5. The van der Waals surface area contributed by atoms with E-state index < -0.39 is 18.0 Å². The number of para-hydroxylation sites is 1. The van der Waals surface area contributed by atoms with Crippen LogP contribution in [0.25, 0.3) is 23.0 Å². The van der Waals surface area contributed by atoms with Gasteiger partial charge in [-0.3, -0.25) is 9.36 Å². The third-order valence-corrected chi connectivity index (χ3v) is 9.17. The molecule has 1 atom stereocenters. The standard InChI is InChI=1S/C39H38N4O6S/c1-7-19-48-31-18-17-28(20-24(31)4)34-29(22-42(41-34)30-11-9-8-10-12-30)21-32-36(44)43-35(26-13-15-27(16-14-26)37(45)47-6)33(38(46)49-23(2)3)25(5)40-39(43)50-32/h8-18,20-23,35H,7,19H2,1-6H3/b32-21-. The molecular weight excluding hydrogens is 653 g/mol. The maximum atomic E-state index is 14.4. The van der Waals surface area contributed by atoms with Crippen molar-refractivity contribution in [3.63, 3.8) is 0 Å². The highest BCUT2D eigenvalue weighted by molar-refractivity contribution is 7.07. The van der Waals surface area contributed by atoms with Gasteiger partial charge in [-0.25, -0.2) is 19.3 Å². The van der Waals surface area contributed by atoms with E-state index in [9.17, 15) is 14.4 Å². The van der Waals surface area contributed by atoms with Crippen LogP contribution in [-0.4, -0.2) is 46.1 Å². The van der Waals surface area contributed by atoms with Gasteiger partial charge in [0.25, 0.3) is 5.56 Å². The van der Waals surface area contributed by atoms with Gasteiger partial charge in [0.15, 0.2) is 4.80 Å². The van der Waals surface area contributed by atoms with Crippen LogP contribution >= 0.6 is 11.3 Å². The number of aromatic nitrogens is 3. The Hall–Kier alpha value is -5.55. The molecule has 1 aliphatic rings. The Bertz CT molecular complexity index is 2280. The van der Waals surface area contributed by atoms with Gasteiger partial charge in [-0.15, -0.1) is 0 Å². The number of thiazole rings is 1. The van der Waals surface area contributed by atoms with E-state index in [2.05, 4.69) is 6.92 Å². The molecule has 3 heterocycles. The lowest BCUT2D eigenvalue weighted by atomic mass is 9.95. The predicted octanol–water partition coefficient (Wildman–Crippen LogP) is 5.92. The van der Waals surface area contributed by atoms with Crippen molar-refractivity contribution in [1.29, 1.82) is 0 Å². The van der Waals surface area contributed by atoms with E-state index in [4.69, 9.17) is 24.3 Å². The molecule has 0 saturated carbocycles. The van der Waals surface area contributed by atoms with Gasteiger partial charge in [-0.05, 0) is 93.8 Å². The highest BCUT2D eigenvalue weighted by Crippen LogP contribution is 2.32. The van der Waals surface area contributed by atoms with Crippen LogP contribution in [0.1, 0.15) is 67.2 Å². The zero-order valence-corrected chi connectivity index (χ0v) is 29.6. The first-order valence-electron chi connectivity index (χ1n) is 16.4. The monoisotopic (exact) mass is 690 g/mol. The van der Waals surface area contributed by atoms with Crippen molar-refractivity contribution in [3.05, 3.63) is 132 Å². The van der Waals surface area contributed by atoms with E-state index in [0.29, 0.717) is 38.5 Å². The van der Waals surface area contributed by atoms with Crippen LogP contribution in [0.15, 0.2) is 100 Å². The molecule has 0 fully saturated rings. The minimum Gasteiger partial charge on any atom is -0.493 e. The van der Waals surface area contributed by atoms with Crippen molar-refractivity contribution in [2.24, 2.45) is 4.99 Å². The second-order valence-corrected chi connectivity index (χ2v) is 13.2. The third-order valence-electron chi connectivity index (χ3n) is 8.19. The molecule has 0 aliphatic carbocycles. The summed E-state index contributed by atoms with van der Waals surface area (Å²) in [6.45, 7) is 9.97. The van der Waals surface area contributed by atoms with Gasteiger partial charge in [-0.1, -0.05) is 48.6 Å². The number of rotatable bonds is 10. The third kappa shape index (κ3) is 6.81. The summed E-state index contributed by atoms with van der Waals surface area (Å²) in [5.41, 5.74) is 5.48. The van der Waals surface area contributed by atoms with Crippen LogP contribution in [-0.2, 0) is 14.3 Å². The van der Waals surface area contributed by atoms with Crippen molar-refractivity contribution < 1.29 is 23.8 Å². The minimum absolute atomic E-state index is 0.252. The molecule has 1 unspecified atom stereocenters. The smallest absolute Gasteiger partial charge is 0.338 e. The Kier molecular flexibility index (Phi) is 9.96. The number of nitrogens with zero attached hydrogens (tertiary/aromatic N) is 4. The largest absolute Gasteiger partial charge is 0.493 e. The van der Waals surface area contributed by atoms with E-state index >= 15 is 0 Å². The van der Waals surface area contributed by atoms with Crippen LogP contribution in [0, 0.1) is 6.92 Å². The second-order valence-electron chi connectivity index (χ2n) is 12.2. The van der Waals surface area contributed by atoms with Crippen molar-refractivity contribution in [3.8, 4) is 22.7 Å². The lowest BCUT2D eigenvalue weighted by molar-refractivity contribution is -0.143. The first-order valence-corrected chi connectivity index (χ1v) is 17.2. The van der Waals surface area contributed by atoms with Crippen LogP contribution in [0.5, 0.6) is 5.75 Å². The average molecular weight is 691 g/mol. The molecule has 3 aromatic carbocycles. The summed E-state index contributed by atoms with van der Waals surface area (Å²) in [7, 11) is 1.31. The Morgan fingerprint density at radius 2 is 1.74 bits per heavy atom. The lowest BCUT2D eigenvalue weighted by Gasteiger charge is -2.25. The predicted molar refractivity (Wildman–Crippen MR) is 192 cm³/mol. The van der Waals surface area contributed by atoms with Gasteiger partial charge in [0.1, 0.15) is 11.4 Å². The number of hydrogen-bond acceptors (Lipinski definition) is 9. The van der Waals surface area contributed by atoms with Crippen LogP contribution in [0.2, 0.25) is 0 Å². The lowest BCUT2D eigenvalue weighted by Crippen LogP contribution is -2.40. The highest BCUT2D eigenvalue weighted by Gasteiger charge is 2.34. The Labute approximate surface area is 293 Å². The molecule has 0 saturated heterocycles. The van der Waals surface area contributed by atoms with E-state index in [0.717, 1.165) is 34.5 Å². The summed E-state index contributed by atoms with van der Waals surface area (Å²) in [6, 6.07) is 21.6. The Morgan fingerprint density at radius 3 is 2.40 bits per heavy atom. The molecule has 5 aromatic rings. The fourth-order valence-corrected chi connectivity index (χ4v) is 6.87. The number of hydrogen-bond donors (Lipinski definition) is 0. The molecule has 1 aliphatic heterocycles. The normalized spacial score (nSPS) is 14.4. The fraction of sp³-hybridized carbons (Fsp3) is 0.256. The first kappa shape index (κ1) is 34.3. The zero-order valence-electron chi connectivity index (χ0n) is 28.8. The molecule has 0 bridgehead atoms. The van der Waals surface area contributed by atoms with Crippen LogP contribution in [0.4, 0.5) is 0 Å². The first-order chi connectivity index (χ1) is 24.1. The fourth-order valence-electron chi connectivity index (χ4n) is 5.84. The molecule has 0 N–H and O–H groups in total. The quantitative estimate of drug-likeness (QED) is 0.167. The number of ether oxygens (including phenoxy) is 3. The number of methoxy groups -OCH3 is 1. The van der Waals surface area contributed by atoms with Crippen LogP contribution < -0.4 is 19.6 Å². The van der Waals surface area contributed by atoms with Crippen molar-refractivity contribution in [2.45, 2.75) is 53.2 Å². The number of allylic oxidation sites excluding steroid dienone is 1. The number of aryl methyl sites for hydroxylation is 1. The number of benzene rings is 3. The van der Waals surface area contributed by atoms with Crippen LogP contribution in [0.3, 0.4) is 0 Å². The van der Waals surface area contributed by atoms with Gasteiger partial charge in [0, 0.05) is 17.3 Å². The molecule has 256 valence electrons. The maximum absolute atomic E-state index is 14.4. The SMILES string of the molecule is CCCOc1ccc(-c2nn(-c3ccccc3)cc2/C=c2\sc3n(c2=O)C(c2ccc(C(=O)OC)cc2)C(C(=O)OC(C)C)=C(C)N=3)cc1C. The molecule has 0 amide bonds. The molecule has 6 rings (SSSR count). The number of fused-ring (bicyclic) bond motifs is 1. The molecule has 50 heavy (non-hydrogen) atoms. The Balaban J connectivity index is 1.52.